The Balaban J connectivity index is 3.18. The lowest BCUT2D eigenvalue weighted by atomic mass is 10.2. The van der Waals surface area contributed by atoms with Crippen molar-refractivity contribution in [2.24, 2.45) is 0 Å². The van der Waals surface area contributed by atoms with Gasteiger partial charge in [0, 0.05) is 5.41 Å². The van der Waals surface area contributed by atoms with Crippen LogP contribution in [0, 0.1) is 6.92 Å². The highest BCUT2D eigenvalue weighted by atomic mass is 32.2. The molecule has 0 aliphatic rings. The lowest BCUT2D eigenvalue weighted by molar-refractivity contribution is 0.604. The SMILES string of the molecule is C=CC(C)=CS(=O)(=O)c1ccc(C)cc1. The number of hydrogen-bond donors (Lipinski definition) is 0. The number of benzene rings is 1. The predicted octanol–water partition coefficient (Wildman–Crippen LogP) is 2.86. The Morgan fingerprint density at radius 1 is 1.27 bits per heavy atom. The van der Waals surface area contributed by atoms with Gasteiger partial charge in [0.1, 0.15) is 0 Å². The third-order valence-corrected chi connectivity index (χ3v) is 3.62. The van der Waals surface area contributed by atoms with Crippen LogP contribution >= 0.6 is 0 Å². The zero-order valence-corrected chi connectivity index (χ0v) is 9.71. The van der Waals surface area contributed by atoms with E-state index < -0.39 is 9.84 Å². The van der Waals surface area contributed by atoms with Crippen molar-refractivity contribution in [1.29, 1.82) is 0 Å². The van der Waals surface area contributed by atoms with Gasteiger partial charge in [-0.05, 0) is 31.6 Å². The molecule has 0 unspecified atom stereocenters. The maximum Gasteiger partial charge on any atom is 0.200 e. The van der Waals surface area contributed by atoms with Crippen molar-refractivity contribution in [2.45, 2.75) is 18.7 Å². The molecule has 1 rings (SSSR count). The monoisotopic (exact) mass is 222 g/mol. The van der Waals surface area contributed by atoms with E-state index in [1.54, 1.807) is 31.2 Å². The summed E-state index contributed by atoms with van der Waals surface area (Å²) in [6.45, 7) is 7.14. The molecule has 15 heavy (non-hydrogen) atoms. The van der Waals surface area contributed by atoms with E-state index in [4.69, 9.17) is 0 Å². The normalized spacial score (nSPS) is 12.5. The summed E-state index contributed by atoms with van der Waals surface area (Å²) in [6.07, 6.45) is 1.52. The number of rotatable bonds is 3. The molecule has 0 N–H and O–H groups in total. The van der Waals surface area contributed by atoms with Crippen molar-refractivity contribution in [3.63, 3.8) is 0 Å². The standard InChI is InChI=1S/C12H14O2S/c1-4-10(2)9-15(13,14)12-7-5-11(3)6-8-12/h4-9H,1H2,2-3H3. The van der Waals surface area contributed by atoms with Crippen LogP contribution < -0.4 is 0 Å². The van der Waals surface area contributed by atoms with Crippen LogP contribution in [0.1, 0.15) is 12.5 Å². The molecular weight excluding hydrogens is 208 g/mol. The van der Waals surface area contributed by atoms with Crippen LogP contribution in [-0.4, -0.2) is 8.42 Å². The van der Waals surface area contributed by atoms with Crippen molar-refractivity contribution < 1.29 is 8.42 Å². The minimum atomic E-state index is -3.32. The van der Waals surface area contributed by atoms with E-state index in [2.05, 4.69) is 6.58 Å². The summed E-state index contributed by atoms with van der Waals surface area (Å²) in [4.78, 5) is 0.314. The van der Waals surface area contributed by atoms with Gasteiger partial charge in [0.15, 0.2) is 9.84 Å². The number of sulfone groups is 1. The highest BCUT2D eigenvalue weighted by Gasteiger charge is 2.09. The molecule has 1 aromatic rings. The molecule has 2 nitrogen and oxygen atoms in total. The van der Waals surface area contributed by atoms with Gasteiger partial charge in [-0.25, -0.2) is 8.42 Å². The second-order valence-electron chi connectivity index (χ2n) is 3.42. The lowest BCUT2D eigenvalue weighted by Gasteiger charge is -2.00. The van der Waals surface area contributed by atoms with E-state index in [0.29, 0.717) is 10.5 Å². The Labute approximate surface area is 90.9 Å². The average molecular weight is 222 g/mol. The molecule has 0 amide bonds. The van der Waals surface area contributed by atoms with Crippen LogP contribution in [0.4, 0.5) is 0 Å². The summed E-state index contributed by atoms with van der Waals surface area (Å²) in [7, 11) is -3.32. The van der Waals surface area contributed by atoms with Crippen molar-refractivity contribution in [3.8, 4) is 0 Å². The topological polar surface area (TPSA) is 34.1 Å². The maximum atomic E-state index is 11.8. The summed E-state index contributed by atoms with van der Waals surface area (Å²) in [5.74, 6) is 0. The fraction of sp³-hybridized carbons (Fsp3) is 0.167. The molecule has 80 valence electrons. The molecule has 1 aromatic carbocycles. The van der Waals surface area contributed by atoms with Crippen LogP contribution in [0.2, 0.25) is 0 Å². The van der Waals surface area contributed by atoms with Crippen LogP contribution in [0.3, 0.4) is 0 Å². The molecule has 0 aliphatic heterocycles. The summed E-state index contributed by atoms with van der Waals surface area (Å²) in [5.41, 5.74) is 1.67. The largest absolute Gasteiger partial charge is 0.219 e. The molecular formula is C12H14O2S. The van der Waals surface area contributed by atoms with E-state index in [0.717, 1.165) is 5.56 Å². The number of allylic oxidation sites excluding steroid dienone is 2. The quantitative estimate of drug-likeness (QED) is 0.737. The Morgan fingerprint density at radius 2 is 1.80 bits per heavy atom. The molecule has 0 heterocycles. The predicted molar refractivity (Wildman–Crippen MR) is 62.3 cm³/mol. The first-order valence-corrected chi connectivity index (χ1v) is 6.13. The summed E-state index contributed by atoms with van der Waals surface area (Å²) in [5, 5.41) is 1.23. The van der Waals surface area contributed by atoms with Crippen LogP contribution in [-0.2, 0) is 9.84 Å². The van der Waals surface area contributed by atoms with Gasteiger partial charge in [0.05, 0.1) is 4.90 Å². The summed E-state index contributed by atoms with van der Waals surface area (Å²) >= 11 is 0. The summed E-state index contributed by atoms with van der Waals surface area (Å²) in [6, 6.07) is 6.78. The molecule has 0 bridgehead atoms. The van der Waals surface area contributed by atoms with Crippen molar-refractivity contribution in [1.82, 2.24) is 0 Å². The first-order valence-electron chi connectivity index (χ1n) is 4.58. The minimum Gasteiger partial charge on any atom is -0.219 e. The first kappa shape index (κ1) is 11.7. The fourth-order valence-corrected chi connectivity index (χ4v) is 2.33. The molecule has 0 aliphatic carbocycles. The van der Waals surface area contributed by atoms with Gasteiger partial charge in [-0.3, -0.25) is 0 Å². The fourth-order valence-electron chi connectivity index (χ4n) is 1.09. The molecule has 0 spiro atoms. The molecule has 0 radical (unpaired) electrons. The zero-order valence-electron chi connectivity index (χ0n) is 8.90. The average Bonchev–Trinajstić information content (AvgIpc) is 2.17. The molecule has 0 saturated heterocycles. The van der Waals surface area contributed by atoms with Crippen molar-refractivity contribution >= 4 is 9.84 Å². The smallest absolute Gasteiger partial charge is 0.200 e. The van der Waals surface area contributed by atoms with Crippen LogP contribution in [0.25, 0.3) is 0 Å². The first-order chi connectivity index (χ1) is 6.95. The summed E-state index contributed by atoms with van der Waals surface area (Å²) < 4.78 is 23.6. The highest BCUT2D eigenvalue weighted by molar-refractivity contribution is 7.94. The van der Waals surface area contributed by atoms with Gasteiger partial charge in [0.25, 0.3) is 0 Å². The van der Waals surface area contributed by atoms with E-state index in [1.807, 2.05) is 6.92 Å². The number of hydrogen-bond acceptors (Lipinski definition) is 2. The van der Waals surface area contributed by atoms with Crippen LogP contribution in [0.15, 0.2) is 52.8 Å². The maximum absolute atomic E-state index is 11.8. The Bertz CT molecular complexity index is 479. The number of aryl methyl sites for hydroxylation is 1. The van der Waals surface area contributed by atoms with Crippen molar-refractivity contribution in [2.75, 3.05) is 0 Å². The lowest BCUT2D eigenvalue weighted by Crippen LogP contribution is -1.96. The zero-order chi connectivity index (χ0) is 11.5. The van der Waals surface area contributed by atoms with E-state index in [9.17, 15) is 8.42 Å². The Kier molecular flexibility index (Phi) is 3.48. The molecule has 3 heteroatoms. The van der Waals surface area contributed by atoms with Crippen molar-refractivity contribution in [3.05, 3.63) is 53.5 Å². The van der Waals surface area contributed by atoms with Crippen LogP contribution in [0.5, 0.6) is 0 Å². The van der Waals surface area contributed by atoms with Gasteiger partial charge in [-0.2, -0.15) is 0 Å². The van der Waals surface area contributed by atoms with Gasteiger partial charge >= 0.3 is 0 Å². The Hall–Kier alpha value is -1.35. The van der Waals surface area contributed by atoms with E-state index >= 15 is 0 Å². The van der Waals surface area contributed by atoms with Gasteiger partial charge in [0.2, 0.25) is 0 Å². The van der Waals surface area contributed by atoms with Gasteiger partial charge in [-0.15, -0.1) is 0 Å². The highest BCUT2D eigenvalue weighted by Crippen LogP contribution is 2.14. The third kappa shape index (κ3) is 3.06. The van der Waals surface area contributed by atoms with Gasteiger partial charge < -0.3 is 0 Å². The van der Waals surface area contributed by atoms with Gasteiger partial charge in [-0.1, -0.05) is 30.4 Å². The van der Waals surface area contributed by atoms with E-state index in [1.165, 1.54) is 11.5 Å². The minimum absolute atomic E-state index is 0.314. The second-order valence-corrected chi connectivity index (χ2v) is 5.22. The molecule has 0 atom stereocenters. The second kappa shape index (κ2) is 4.45. The van der Waals surface area contributed by atoms with E-state index in [-0.39, 0.29) is 0 Å². The Morgan fingerprint density at radius 3 is 2.27 bits per heavy atom. The molecule has 0 saturated carbocycles. The third-order valence-electron chi connectivity index (χ3n) is 2.01. The molecule has 0 fully saturated rings. The molecule has 0 aromatic heterocycles.